The van der Waals surface area contributed by atoms with E-state index >= 15 is 0 Å². The van der Waals surface area contributed by atoms with Gasteiger partial charge in [0.15, 0.2) is 6.10 Å². The molecule has 0 spiro atoms. The van der Waals surface area contributed by atoms with E-state index in [1.165, 1.54) is 24.8 Å². The fraction of sp³-hybridized carbons (Fsp3) is 0.263. The summed E-state index contributed by atoms with van der Waals surface area (Å²) in [6.45, 7) is 3.55. The molecule has 2 aromatic carbocycles. The van der Waals surface area contributed by atoms with E-state index in [-0.39, 0.29) is 5.56 Å². The van der Waals surface area contributed by atoms with Gasteiger partial charge in [0.05, 0.1) is 21.3 Å². The highest BCUT2D eigenvalue weighted by molar-refractivity contribution is 7.84. The fourth-order valence-electron chi connectivity index (χ4n) is 2.23. The molecule has 132 valence electrons. The molecule has 1 N–H and O–H groups in total. The van der Waals surface area contributed by atoms with Crippen LogP contribution in [0.25, 0.3) is 0 Å². The smallest absolute Gasteiger partial charge is 0.340 e. The first kappa shape index (κ1) is 18.9. The summed E-state index contributed by atoms with van der Waals surface area (Å²) >= 11 is 0. The molecular formula is C19H21NO4S. The van der Waals surface area contributed by atoms with E-state index in [1.807, 2.05) is 12.1 Å². The number of hydrogen-bond donors (Lipinski definition) is 1. The maximum atomic E-state index is 12.3. The van der Waals surface area contributed by atoms with Crippen molar-refractivity contribution in [1.82, 2.24) is 0 Å². The average molecular weight is 359 g/mol. The Hall–Kier alpha value is -2.47. The van der Waals surface area contributed by atoms with Crippen LogP contribution in [-0.4, -0.2) is 28.4 Å². The monoisotopic (exact) mass is 359 g/mol. The highest BCUT2D eigenvalue weighted by Gasteiger charge is 2.21. The first-order valence-electron chi connectivity index (χ1n) is 7.95. The Bertz CT molecular complexity index is 786. The van der Waals surface area contributed by atoms with Gasteiger partial charge in [-0.3, -0.25) is 9.00 Å². The van der Waals surface area contributed by atoms with Gasteiger partial charge >= 0.3 is 5.97 Å². The normalized spacial score (nSPS) is 12.9. The molecule has 0 aromatic heterocycles. The van der Waals surface area contributed by atoms with Crippen molar-refractivity contribution in [3.8, 4) is 0 Å². The maximum absolute atomic E-state index is 12.3. The van der Waals surface area contributed by atoms with Crippen molar-refractivity contribution in [3.63, 3.8) is 0 Å². The Kier molecular flexibility index (Phi) is 6.47. The van der Waals surface area contributed by atoms with Crippen molar-refractivity contribution in [2.24, 2.45) is 0 Å². The van der Waals surface area contributed by atoms with Gasteiger partial charge in [0.25, 0.3) is 5.91 Å². The van der Waals surface area contributed by atoms with Crippen molar-refractivity contribution < 1.29 is 18.5 Å². The van der Waals surface area contributed by atoms with Gasteiger partial charge in [-0.25, -0.2) is 4.79 Å². The molecule has 0 radical (unpaired) electrons. The Morgan fingerprint density at radius 1 is 1.12 bits per heavy atom. The lowest BCUT2D eigenvalue weighted by atomic mass is 10.1. The zero-order valence-corrected chi connectivity index (χ0v) is 15.3. The summed E-state index contributed by atoms with van der Waals surface area (Å²) in [5.41, 5.74) is 2.01. The summed E-state index contributed by atoms with van der Waals surface area (Å²) < 4.78 is 16.9. The van der Waals surface area contributed by atoms with E-state index < -0.39 is 28.8 Å². The third-order valence-electron chi connectivity index (χ3n) is 3.70. The first-order valence-corrected chi connectivity index (χ1v) is 9.51. The molecule has 0 aliphatic carbocycles. The molecule has 0 aliphatic heterocycles. The summed E-state index contributed by atoms with van der Waals surface area (Å²) in [4.78, 5) is 24.9. The van der Waals surface area contributed by atoms with Crippen LogP contribution in [0.2, 0.25) is 0 Å². The number of rotatable bonds is 6. The number of carbonyl (C=O) groups is 2. The Balaban J connectivity index is 2.03. The first-order chi connectivity index (χ1) is 11.9. The highest BCUT2D eigenvalue weighted by Crippen LogP contribution is 2.15. The van der Waals surface area contributed by atoms with E-state index in [0.29, 0.717) is 10.6 Å². The lowest BCUT2D eigenvalue weighted by Crippen LogP contribution is -2.30. The largest absolute Gasteiger partial charge is 0.449 e. The molecule has 25 heavy (non-hydrogen) atoms. The Morgan fingerprint density at radius 2 is 1.76 bits per heavy atom. The van der Waals surface area contributed by atoms with E-state index in [0.717, 1.165) is 6.42 Å². The molecule has 0 unspecified atom stereocenters. The predicted octanol–water partition coefficient (Wildman–Crippen LogP) is 3.17. The van der Waals surface area contributed by atoms with Crippen LogP contribution in [0.15, 0.2) is 53.4 Å². The molecule has 6 heteroatoms. The number of aryl methyl sites for hydroxylation is 1. The van der Waals surface area contributed by atoms with Crippen LogP contribution in [0, 0.1) is 0 Å². The zero-order chi connectivity index (χ0) is 18.4. The van der Waals surface area contributed by atoms with Crippen LogP contribution in [0.4, 0.5) is 5.69 Å². The van der Waals surface area contributed by atoms with Crippen molar-refractivity contribution in [2.75, 3.05) is 11.6 Å². The van der Waals surface area contributed by atoms with Gasteiger partial charge in [-0.05, 0) is 43.2 Å². The zero-order valence-electron chi connectivity index (χ0n) is 14.4. The minimum absolute atomic E-state index is 0.204. The number of nitrogens with one attached hydrogen (secondary N) is 1. The van der Waals surface area contributed by atoms with Gasteiger partial charge in [0.2, 0.25) is 0 Å². The average Bonchev–Trinajstić information content (AvgIpc) is 2.62. The van der Waals surface area contributed by atoms with Gasteiger partial charge < -0.3 is 10.1 Å². The number of hydrogen-bond acceptors (Lipinski definition) is 4. The molecule has 0 bridgehead atoms. The van der Waals surface area contributed by atoms with Crippen LogP contribution >= 0.6 is 0 Å². The molecule has 1 amide bonds. The number of benzene rings is 2. The third-order valence-corrected chi connectivity index (χ3v) is 4.67. The molecule has 2 rings (SSSR count). The highest BCUT2D eigenvalue weighted by atomic mass is 32.2. The van der Waals surface area contributed by atoms with E-state index in [9.17, 15) is 13.8 Å². The fourth-order valence-corrected chi connectivity index (χ4v) is 2.96. The minimum Gasteiger partial charge on any atom is -0.449 e. The van der Waals surface area contributed by atoms with Crippen molar-refractivity contribution >= 4 is 28.4 Å². The summed E-state index contributed by atoms with van der Waals surface area (Å²) in [7, 11) is -1.32. The molecule has 2 aromatic rings. The second-order valence-electron chi connectivity index (χ2n) is 5.54. The van der Waals surface area contributed by atoms with Gasteiger partial charge in [0, 0.05) is 11.9 Å². The van der Waals surface area contributed by atoms with E-state index in [1.54, 1.807) is 30.3 Å². The minimum atomic E-state index is -1.32. The molecule has 0 aliphatic rings. The van der Waals surface area contributed by atoms with Crippen molar-refractivity contribution in [2.45, 2.75) is 31.3 Å². The van der Waals surface area contributed by atoms with Crippen LogP contribution in [0.3, 0.4) is 0 Å². The number of ether oxygens (including phenoxy) is 1. The van der Waals surface area contributed by atoms with Gasteiger partial charge in [-0.15, -0.1) is 0 Å². The third kappa shape index (κ3) is 5.00. The number of amides is 1. The van der Waals surface area contributed by atoms with Crippen LogP contribution in [0.1, 0.15) is 29.8 Å². The van der Waals surface area contributed by atoms with Crippen molar-refractivity contribution in [3.05, 3.63) is 59.7 Å². The SMILES string of the molecule is CCc1ccc(NC(=O)[C@H](C)OC(=O)c2ccccc2[S@](C)=O)cc1. The number of carbonyl (C=O) groups excluding carboxylic acids is 2. The summed E-state index contributed by atoms with van der Waals surface area (Å²) in [6, 6.07) is 14.0. The molecular weight excluding hydrogens is 338 g/mol. The molecule has 2 atom stereocenters. The lowest BCUT2D eigenvalue weighted by molar-refractivity contribution is -0.123. The molecule has 0 saturated heterocycles. The van der Waals surface area contributed by atoms with Gasteiger partial charge in [-0.2, -0.15) is 0 Å². The maximum Gasteiger partial charge on any atom is 0.340 e. The summed E-state index contributed by atoms with van der Waals surface area (Å²) in [6.07, 6.45) is 1.43. The molecule has 0 heterocycles. The van der Waals surface area contributed by atoms with Crippen LogP contribution in [0.5, 0.6) is 0 Å². The topological polar surface area (TPSA) is 72.5 Å². The summed E-state index contributed by atoms with van der Waals surface area (Å²) in [5.74, 6) is -1.09. The van der Waals surface area contributed by atoms with Crippen LogP contribution in [-0.2, 0) is 26.8 Å². The van der Waals surface area contributed by atoms with Gasteiger partial charge in [0.1, 0.15) is 0 Å². The Morgan fingerprint density at radius 3 is 2.36 bits per heavy atom. The Labute approximate surface area is 149 Å². The molecule has 0 saturated carbocycles. The second-order valence-corrected chi connectivity index (χ2v) is 6.89. The predicted molar refractivity (Wildman–Crippen MR) is 98.1 cm³/mol. The van der Waals surface area contributed by atoms with Crippen molar-refractivity contribution in [1.29, 1.82) is 0 Å². The molecule has 0 fully saturated rings. The standard InChI is InChI=1S/C19H21NO4S/c1-4-14-9-11-15(12-10-14)20-18(21)13(2)24-19(22)16-7-5-6-8-17(16)25(3)23/h5-13H,4H2,1-3H3,(H,20,21)/t13-,25-/m0/s1. The number of esters is 1. The quantitative estimate of drug-likeness (QED) is 0.804. The number of anilines is 1. The summed E-state index contributed by atoms with van der Waals surface area (Å²) in [5, 5.41) is 2.71. The molecule has 5 nitrogen and oxygen atoms in total. The van der Waals surface area contributed by atoms with E-state index in [4.69, 9.17) is 4.74 Å². The lowest BCUT2D eigenvalue weighted by Gasteiger charge is -2.14. The van der Waals surface area contributed by atoms with Crippen LogP contribution < -0.4 is 5.32 Å². The second kappa shape index (κ2) is 8.58. The van der Waals surface area contributed by atoms with Gasteiger partial charge in [-0.1, -0.05) is 31.2 Å². The van der Waals surface area contributed by atoms with E-state index in [2.05, 4.69) is 12.2 Å².